The van der Waals surface area contributed by atoms with Crippen LogP contribution in [-0.4, -0.2) is 17.4 Å². The second kappa shape index (κ2) is 4.02. The Morgan fingerprint density at radius 3 is 2.64 bits per heavy atom. The molecular weight excluding hydrogens is 260 g/mol. The lowest BCUT2D eigenvalue weighted by atomic mass is 10.1. The van der Waals surface area contributed by atoms with Crippen LogP contribution in [0.3, 0.4) is 0 Å². The number of Topliss-reactive ketones (excluding diaryl/α,β-unsaturated/α-hetero) is 1. The van der Waals surface area contributed by atoms with Gasteiger partial charge in [0.2, 0.25) is 0 Å². The molecule has 0 fully saturated rings. The number of carbonyl (C=O) groups is 1. The van der Waals surface area contributed by atoms with E-state index in [2.05, 4.69) is 15.9 Å². The van der Waals surface area contributed by atoms with E-state index in [-0.39, 0.29) is 12.1 Å². The first-order valence-corrected chi connectivity index (χ1v) is 4.38. The van der Waals surface area contributed by atoms with Crippen molar-refractivity contribution >= 4 is 21.7 Å². The summed E-state index contributed by atoms with van der Waals surface area (Å²) in [6.45, 7) is -0.384. The van der Waals surface area contributed by atoms with Gasteiger partial charge in [-0.1, -0.05) is 0 Å². The predicted octanol–water partition coefficient (Wildman–Crippen LogP) is 1.57. The lowest BCUT2D eigenvalue weighted by Crippen LogP contribution is -2.14. The first kappa shape index (κ1) is 11.1. The highest BCUT2D eigenvalue weighted by Crippen LogP contribution is 2.32. The van der Waals surface area contributed by atoms with E-state index >= 15 is 0 Å². The summed E-state index contributed by atoms with van der Waals surface area (Å²) < 4.78 is 25.1. The molecule has 0 aliphatic carbocycles. The van der Waals surface area contributed by atoms with Gasteiger partial charge in [0, 0.05) is 0 Å². The third-order valence-corrected chi connectivity index (χ3v) is 2.35. The standard InChI is InChI=1S/C8H6BrF2NO2/c9-6-7(11)4(10)1-3(8(6)14)5(13)2-12/h1,14H,2,12H2. The second-order valence-electron chi connectivity index (χ2n) is 2.51. The van der Waals surface area contributed by atoms with Gasteiger partial charge in [0.25, 0.3) is 0 Å². The molecule has 0 aromatic heterocycles. The number of hydrogen-bond acceptors (Lipinski definition) is 3. The lowest BCUT2D eigenvalue weighted by Gasteiger charge is -2.05. The van der Waals surface area contributed by atoms with Gasteiger partial charge in [-0.2, -0.15) is 0 Å². The van der Waals surface area contributed by atoms with Crippen LogP contribution in [0.5, 0.6) is 5.75 Å². The summed E-state index contributed by atoms with van der Waals surface area (Å²) in [7, 11) is 0. The van der Waals surface area contributed by atoms with Gasteiger partial charge in [0.15, 0.2) is 17.4 Å². The minimum atomic E-state index is -1.24. The first-order valence-electron chi connectivity index (χ1n) is 3.58. The number of hydrogen-bond donors (Lipinski definition) is 2. The van der Waals surface area contributed by atoms with Crippen molar-refractivity contribution in [1.82, 2.24) is 0 Å². The van der Waals surface area contributed by atoms with Crippen LogP contribution in [0.15, 0.2) is 10.5 Å². The van der Waals surface area contributed by atoms with Crippen molar-refractivity contribution < 1.29 is 18.7 Å². The fourth-order valence-corrected chi connectivity index (χ4v) is 1.31. The number of rotatable bonds is 2. The molecule has 0 atom stereocenters. The van der Waals surface area contributed by atoms with Gasteiger partial charge >= 0.3 is 0 Å². The van der Waals surface area contributed by atoms with Crippen LogP contribution in [0.4, 0.5) is 8.78 Å². The molecule has 0 aliphatic rings. The summed E-state index contributed by atoms with van der Waals surface area (Å²) in [5.41, 5.74) is 4.68. The van der Waals surface area contributed by atoms with Crippen molar-refractivity contribution in [2.75, 3.05) is 6.54 Å². The van der Waals surface area contributed by atoms with Crippen molar-refractivity contribution in [1.29, 1.82) is 0 Å². The predicted molar refractivity (Wildman–Crippen MR) is 49.1 cm³/mol. The van der Waals surface area contributed by atoms with E-state index < -0.39 is 27.6 Å². The van der Waals surface area contributed by atoms with E-state index in [4.69, 9.17) is 5.73 Å². The molecule has 76 valence electrons. The monoisotopic (exact) mass is 265 g/mol. The van der Waals surface area contributed by atoms with Gasteiger partial charge in [-0.3, -0.25) is 4.79 Å². The van der Waals surface area contributed by atoms with Crippen molar-refractivity contribution in [2.45, 2.75) is 0 Å². The molecule has 1 aromatic rings. The Hall–Kier alpha value is -1.01. The molecule has 3 nitrogen and oxygen atoms in total. The number of phenols is 1. The molecule has 0 bridgehead atoms. The highest BCUT2D eigenvalue weighted by molar-refractivity contribution is 9.10. The third kappa shape index (κ3) is 1.76. The molecular formula is C8H6BrF2NO2. The Kier molecular flexibility index (Phi) is 3.17. The van der Waals surface area contributed by atoms with Crippen molar-refractivity contribution in [3.63, 3.8) is 0 Å². The van der Waals surface area contributed by atoms with E-state index in [1.165, 1.54) is 0 Å². The van der Waals surface area contributed by atoms with Gasteiger partial charge in [0.05, 0.1) is 16.6 Å². The Labute approximate surface area is 86.7 Å². The minimum absolute atomic E-state index is 0.335. The Balaban J connectivity index is 3.40. The smallest absolute Gasteiger partial charge is 0.180 e. The van der Waals surface area contributed by atoms with Gasteiger partial charge in [0.1, 0.15) is 5.75 Å². The number of aromatic hydroxyl groups is 1. The van der Waals surface area contributed by atoms with Crippen molar-refractivity contribution in [2.24, 2.45) is 5.73 Å². The Morgan fingerprint density at radius 1 is 1.57 bits per heavy atom. The zero-order valence-electron chi connectivity index (χ0n) is 6.85. The number of halogens is 3. The molecule has 0 unspecified atom stereocenters. The van der Waals surface area contributed by atoms with E-state index in [1.807, 2.05) is 0 Å². The highest BCUT2D eigenvalue weighted by atomic mass is 79.9. The summed E-state index contributed by atoms with van der Waals surface area (Å²) in [6.07, 6.45) is 0. The van der Waals surface area contributed by atoms with Crippen LogP contribution < -0.4 is 5.73 Å². The van der Waals surface area contributed by atoms with Crippen molar-refractivity contribution in [3.05, 3.63) is 27.7 Å². The summed E-state index contributed by atoms with van der Waals surface area (Å²) in [6, 6.07) is 0.616. The van der Waals surface area contributed by atoms with Crippen LogP contribution >= 0.6 is 15.9 Å². The molecule has 3 N–H and O–H groups in total. The normalized spacial score (nSPS) is 10.3. The molecule has 0 spiro atoms. The molecule has 6 heteroatoms. The molecule has 0 aliphatic heterocycles. The molecule has 0 heterocycles. The van der Waals surface area contributed by atoms with Crippen LogP contribution in [0.25, 0.3) is 0 Å². The van der Waals surface area contributed by atoms with E-state index in [0.717, 1.165) is 0 Å². The fraction of sp³-hybridized carbons (Fsp3) is 0.125. The third-order valence-electron chi connectivity index (χ3n) is 1.62. The van der Waals surface area contributed by atoms with Crippen LogP contribution in [-0.2, 0) is 0 Å². The quantitative estimate of drug-likeness (QED) is 0.631. The van der Waals surface area contributed by atoms with Gasteiger partial charge in [-0.05, 0) is 22.0 Å². The number of benzene rings is 1. The largest absolute Gasteiger partial charge is 0.506 e. The maximum Gasteiger partial charge on any atom is 0.180 e. The SMILES string of the molecule is NCC(=O)c1cc(F)c(F)c(Br)c1O. The molecule has 0 amide bonds. The Bertz CT molecular complexity index is 395. The first-order chi connectivity index (χ1) is 6.49. The number of phenolic OH excluding ortho intramolecular Hbond substituents is 1. The lowest BCUT2D eigenvalue weighted by molar-refractivity contribution is 0.0998. The zero-order valence-corrected chi connectivity index (χ0v) is 8.44. The molecule has 14 heavy (non-hydrogen) atoms. The molecule has 0 saturated heterocycles. The molecule has 0 radical (unpaired) electrons. The van der Waals surface area contributed by atoms with Gasteiger partial charge in [-0.25, -0.2) is 8.78 Å². The molecule has 0 saturated carbocycles. The maximum atomic E-state index is 12.8. The second-order valence-corrected chi connectivity index (χ2v) is 3.30. The van der Waals surface area contributed by atoms with Crippen LogP contribution in [0, 0.1) is 11.6 Å². The molecule has 1 aromatic carbocycles. The summed E-state index contributed by atoms with van der Waals surface area (Å²) in [5.74, 6) is -3.76. The minimum Gasteiger partial charge on any atom is -0.506 e. The summed E-state index contributed by atoms with van der Waals surface area (Å²) in [4.78, 5) is 11.1. The summed E-state index contributed by atoms with van der Waals surface area (Å²) in [5, 5.41) is 9.27. The van der Waals surface area contributed by atoms with E-state index in [0.29, 0.717) is 6.07 Å². The fourth-order valence-electron chi connectivity index (χ4n) is 0.908. The van der Waals surface area contributed by atoms with Crippen LogP contribution in [0.2, 0.25) is 0 Å². The van der Waals surface area contributed by atoms with Crippen molar-refractivity contribution in [3.8, 4) is 5.75 Å². The van der Waals surface area contributed by atoms with E-state index in [9.17, 15) is 18.7 Å². The molecule has 1 rings (SSSR count). The maximum absolute atomic E-state index is 12.8. The van der Waals surface area contributed by atoms with Gasteiger partial charge < -0.3 is 10.8 Å². The van der Waals surface area contributed by atoms with E-state index in [1.54, 1.807) is 0 Å². The Morgan fingerprint density at radius 2 is 2.14 bits per heavy atom. The highest BCUT2D eigenvalue weighted by Gasteiger charge is 2.19. The average Bonchev–Trinajstić information content (AvgIpc) is 2.19. The average molecular weight is 266 g/mol. The number of carbonyl (C=O) groups excluding carboxylic acids is 1. The van der Waals surface area contributed by atoms with Gasteiger partial charge in [-0.15, -0.1) is 0 Å². The number of ketones is 1. The zero-order chi connectivity index (χ0) is 10.9. The van der Waals surface area contributed by atoms with Crippen LogP contribution in [0.1, 0.15) is 10.4 Å². The topological polar surface area (TPSA) is 63.3 Å². The summed E-state index contributed by atoms with van der Waals surface area (Å²) >= 11 is 2.62. The number of nitrogens with two attached hydrogens (primary N) is 1.